The molecule has 0 unspecified atom stereocenters. The minimum Gasteiger partial charge on any atom is -0.374 e. The lowest BCUT2D eigenvalue weighted by Crippen LogP contribution is -2.67. The van der Waals surface area contributed by atoms with Crippen LogP contribution in [-0.4, -0.2) is 60.6 Å². The zero-order valence-corrected chi connectivity index (χ0v) is 31.2. The second-order valence-corrected chi connectivity index (χ2v) is 13.5. The first-order chi connectivity index (χ1) is 25.5. The molecule has 1 aliphatic rings. The Labute approximate surface area is 311 Å². The quantitative estimate of drug-likeness (QED) is 0.0677. The average Bonchev–Trinajstić information content (AvgIpc) is 3.17. The Morgan fingerprint density at radius 2 is 1.19 bits per heavy atom. The smallest absolute Gasteiger partial charge is 0.229 e. The van der Waals surface area contributed by atoms with Crippen molar-refractivity contribution in [2.75, 3.05) is 13.2 Å². The molecule has 1 aliphatic heterocycles. The van der Waals surface area contributed by atoms with Gasteiger partial charge in [0.15, 0.2) is 6.29 Å². The molecule has 0 aliphatic carbocycles. The summed E-state index contributed by atoms with van der Waals surface area (Å²) in [6, 6.07) is 28.7. The van der Waals surface area contributed by atoms with Gasteiger partial charge in [0.25, 0.3) is 0 Å². The number of carbonyl (C=O) groups is 2. The molecule has 2 amide bonds. The van der Waals surface area contributed by atoms with E-state index in [4.69, 9.17) is 23.7 Å². The Morgan fingerprint density at radius 3 is 1.71 bits per heavy atom. The van der Waals surface area contributed by atoms with Crippen LogP contribution in [0.25, 0.3) is 0 Å². The van der Waals surface area contributed by atoms with Crippen LogP contribution in [-0.2, 0) is 53.1 Å². The normalized spacial score (nSPS) is 20.0. The Bertz CT molecular complexity index is 1420. The highest BCUT2D eigenvalue weighted by Gasteiger charge is 2.52. The molecule has 3 aromatic rings. The van der Waals surface area contributed by atoms with Crippen molar-refractivity contribution in [1.29, 1.82) is 0 Å². The molecule has 0 aromatic heterocycles. The lowest BCUT2D eigenvalue weighted by Gasteiger charge is -2.49. The Hall–Kier alpha value is -3.66. The first-order valence-corrected chi connectivity index (χ1v) is 19.1. The summed E-state index contributed by atoms with van der Waals surface area (Å²) < 4.78 is 32.6. The molecular formula is C44H59NO7. The zero-order valence-electron chi connectivity index (χ0n) is 31.2. The molecule has 282 valence electrons. The van der Waals surface area contributed by atoms with Gasteiger partial charge in [-0.15, -0.1) is 6.58 Å². The van der Waals surface area contributed by atoms with Gasteiger partial charge in [-0.25, -0.2) is 0 Å². The molecular weight excluding hydrogens is 654 g/mol. The van der Waals surface area contributed by atoms with Crippen LogP contribution >= 0.6 is 0 Å². The molecule has 3 aromatic carbocycles. The summed E-state index contributed by atoms with van der Waals surface area (Å²) in [6.07, 6.45) is 8.85. The van der Waals surface area contributed by atoms with Crippen molar-refractivity contribution < 1.29 is 33.3 Å². The van der Waals surface area contributed by atoms with Gasteiger partial charge in [-0.2, -0.15) is 0 Å². The van der Waals surface area contributed by atoms with Gasteiger partial charge in [0, 0.05) is 13.3 Å². The number of amides is 2. The molecule has 0 spiro atoms. The molecule has 8 nitrogen and oxygen atoms in total. The molecule has 0 N–H and O–H groups in total. The SMILES string of the molecule is C=CCO[C@@H]1O[C@H](COCc2ccccc2)[C@@H](OCc2ccccc2)[C@H](OCc2ccccc2)[C@H]1N(C(C)=O)C(=O)CCCCCCCCCCC. The van der Waals surface area contributed by atoms with Gasteiger partial charge in [-0.05, 0) is 23.1 Å². The number of benzene rings is 3. The van der Waals surface area contributed by atoms with Crippen molar-refractivity contribution in [3.8, 4) is 0 Å². The summed E-state index contributed by atoms with van der Waals surface area (Å²) in [6.45, 7) is 8.68. The second kappa shape index (κ2) is 23.8. The first-order valence-electron chi connectivity index (χ1n) is 19.1. The van der Waals surface area contributed by atoms with Crippen LogP contribution in [0.3, 0.4) is 0 Å². The topological polar surface area (TPSA) is 83.5 Å². The number of hydrogen-bond acceptors (Lipinski definition) is 7. The third-order valence-corrected chi connectivity index (χ3v) is 9.36. The van der Waals surface area contributed by atoms with E-state index >= 15 is 0 Å². The highest BCUT2D eigenvalue weighted by atomic mass is 16.7. The zero-order chi connectivity index (χ0) is 36.8. The average molecular weight is 714 g/mol. The standard InChI is InChI=1S/C44H59NO7/c1-4-6-7-8-9-10-11-12-22-29-40(47)45(35(3)46)41-43(51-33-38-27-20-15-21-28-38)42(50-32-37-25-18-14-19-26-37)39(52-44(41)49-30-5-2)34-48-31-36-23-16-13-17-24-36/h5,13-21,23-28,39,41-44H,2,4,6-12,22,29-34H2,1,3H3/t39-,41-,42-,43-,44-/m1/s1. The highest BCUT2D eigenvalue weighted by Crippen LogP contribution is 2.33. The fraction of sp³-hybridized carbons (Fsp3) is 0.500. The molecule has 52 heavy (non-hydrogen) atoms. The van der Waals surface area contributed by atoms with Crippen LogP contribution < -0.4 is 0 Å². The molecule has 5 atom stereocenters. The lowest BCUT2D eigenvalue weighted by molar-refractivity contribution is -0.300. The number of unbranched alkanes of at least 4 members (excludes halogenated alkanes) is 8. The minimum absolute atomic E-state index is 0.151. The molecule has 1 heterocycles. The van der Waals surface area contributed by atoms with Gasteiger partial charge in [0.1, 0.15) is 24.4 Å². The van der Waals surface area contributed by atoms with Crippen LogP contribution in [0.5, 0.6) is 0 Å². The molecule has 4 rings (SSSR count). The van der Waals surface area contributed by atoms with Gasteiger partial charge in [-0.1, -0.05) is 155 Å². The Morgan fingerprint density at radius 1 is 0.692 bits per heavy atom. The number of carbonyl (C=O) groups excluding carboxylic acids is 2. The third-order valence-electron chi connectivity index (χ3n) is 9.36. The number of rotatable bonds is 24. The van der Waals surface area contributed by atoms with Gasteiger partial charge in [-0.3, -0.25) is 14.5 Å². The summed E-state index contributed by atoms with van der Waals surface area (Å²) >= 11 is 0. The van der Waals surface area contributed by atoms with Gasteiger partial charge < -0.3 is 23.7 Å². The highest BCUT2D eigenvalue weighted by molar-refractivity contribution is 5.94. The van der Waals surface area contributed by atoms with Crippen LogP contribution in [0.4, 0.5) is 0 Å². The number of nitrogens with zero attached hydrogens (tertiary/aromatic N) is 1. The van der Waals surface area contributed by atoms with E-state index in [2.05, 4.69) is 13.5 Å². The van der Waals surface area contributed by atoms with Gasteiger partial charge in [0.05, 0.1) is 33.0 Å². The summed E-state index contributed by atoms with van der Waals surface area (Å²) in [7, 11) is 0. The third kappa shape index (κ3) is 13.7. The van der Waals surface area contributed by atoms with E-state index in [-0.39, 0.29) is 38.8 Å². The largest absolute Gasteiger partial charge is 0.374 e. The van der Waals surface area contributed by atoms with Crippen molar-refractivity contribution in [2.24, 2.45) is 0 Å². The summed E-state index contributed by atoms with van der Waals surface area (Å²) in [5.41, 5.74) is 2.95. The van der Waals surface area contributed by atoms with Crippen molar-refractivity contribution >= 4 is 11.8 Å². The predicted octanol–water partition coefficient (Wildman–Crippen LogP) is 8.97. The Kier molecular flexibility index (Phi) is 18.8. The van der Waals surface area contributed by atoms with E-state index in [0.29, 0.717) is 13.0 Å². The molecule has 0 saturated carbocycles. The monoisotopic (exact) mass is 713 g/mol. The lowest BCUT2D eigenvalue weighted by atomic mass is 9.94. The number of hydrogen-bond donors (Lipinski definition) is 0. The molecule has 1 saturated heterocycles. The van der Waals surface area contributed by atoms with E-state index < -0.39 is 36.6 Å². The van der Waals surface area contributed by atoms with E-state index in [1.165, 1.54) is 43.9 Å². The van der Waals surface area contributed by atoms with Gasteiger partial charge >= 0.3 is 0 Å². The predicted molar refractivity (Wildman–Crippen MR) is 204 cm³/mol. The van der Waals surface area contributed by atoms with E-state index in [9.17, 15) is 9.59 Å². The number of ether oxygens (including phenoxy) is 5. The second-order valence-electron chi connectivity index (χ2n) is 13.5. The first kappa shape index (κ1) is 41.1. The fourth-order valence-corrected chi connectivity index (χ4v) is 6.65. The minimum atomic E-state index is -1.00. The molecule has 0 bridgehead atoms. The summed E-state index contributed by atoms with van der Waals surface area (Å²) in [5.74, 6) is -0.666. The maximum Gasteiger partial charge on any atom is 0.229 e. The van der Waals surface area contributed by atoms with E-state index in [0.717, 1.165) is 36.0 Å². The molecule has 0 radical (unpaired) electrons. The summed E-state index contributed by atoms with van der Waals surface area (Å²) in [4.78, 5) is 28.9. The van der Waals surface area contributed by atoms with Crippen molar-refractivity contribution in [3.05, 3.63) is 120 Å². The fourth-order valence-electron chi connectivity index (χ4n) is 6.65. The van der Waals surface area contributed by atoms with Crippen molar-refractivity contribution in [1.82, 2.24) is 4.90 Å². The van der Waals surface area contributed by atoms with Crippen LogP contribution in [0.2, 0.25) is 0 Å². The number of imide groups is 1. The van der Waals surface area contributed by atoms with Crippen molar-refractivity contribution in [3.63, 3.8) is 0 Å². The van der Waals surface area contributed by atoms with E-state index in [1.807, 2.05) is 91.0 Å². The van der Waals surface area contributed by atoms with Gasteiger partial charge in [0.2, 0.25) is 11.8 Å². The van der Waals surface area contributed by atoms with Crippen LogP contribution in [0.1, 0.15) is 94.7 Å². The maximum atomic E-state index is 14.1. The van der Waals surface area contributed by atoms with E-state index in [1.54, 1.807) is 6.08 Å². The Balaban J connectivity index is 1.60. The molecule has 1 fully saturated rings. The van der Waals surface area contributed by atoms with Crippen molar-refractivity contribution in [2.45, 2.75) is 129 Å². The van der Waals surface area contributed by atoms with Crippen LogP contribution in [0.15, 0.2) is 104 Å². The molecule has 8 heteroatoms. The van der Waals surface area contributed by atoms with Crippen LogP contribution in [0, 0.1) is 0 Å². The summed E-state index contributed by atoms with van der Waals surface area (Å²) in [5, 5.41) is 0. The maximum absolute atomic E-state index is 14.1.